The van der Waals surface area contributed by atoms with Crippen LogP contribution < -0.4 is 5.32 Å². The van der Waals surface area contributed by atoms with Crippen LogP contribution in [0.3, 0.4) is 0 Å². The zero-order chi connectivity index (χ0) is 18.2. The molecule has 0 aliphatic rings. The summed E-state index contributed by atoms with van der Waals surface area (Å²) in [7, 11) is 1.85. The first-order valence-corrected chi connectivity index (χ1v) is 8.85. The van der Waals surface area contributed by atoms with E-state index in [0.29, 0.717) is 13.0 Å². The summed E-state index contributed by atoms with van der Waals surface area (Å²) in [5.41, 5.74) is 4.47. The number of nitrogens with one attached hydrogen (secondary N) is 1. The normalized spacial score (nSPS) is 10.3. The Bertz CT molecular complexity index is 814. The fourth-order valence-corrected chi connectivity index (χ4v) is 2.80. The van der Waals surface area contributed by atoms with E-state index in [1.54, 1.807) is 4.90 Å². The third kappa shape index (κ3) is 5.21. The first-order chi connectivity index (χ1) is 12.7. The van der Waals surface area contributed by atoms with E-state index in [9.17, 15) is 4.79 Å². The molecule has 0 atom stereocenters. The zero-order valence-electron chi connectivity index (χ0n) is 15.1. The molecule has 0 heterocycles. The maximum atomic E-state index is 12.4. The first-order valence-electron chi connectivity index (χ1n) is 8.85. The Kier molecular flexibility index (Phi) is 6.05. The summed E-state index contributed by atoms with van der Waals surface area (Å²) in [5, 5.41) is 3.40. The summed E-state index contributed by atoms with van der Waals surface area (Å²) in [5.74, 6) is 0.124. The van der Waals surface area contributed by atoms with E-state index >= 15 is 0 Å². The van der Waals surface area contributed by atoms with E-state index in [4.69, 9.17) is 0 Å². The summed E-state index contributed by atoms with van der Waals surface area (Å²) in [6, 6.07) is 28.4. The first kappa shape index (κ1) is 17.7. The van der Waals surface area contributed by atoms with Crippen molar-refractivity contribution in [1.29, 1.82) is 0 Å². The minimum absolute atomic E-state index is 0.124. The van der Waals surface area contributed by atoms with Crippen LogP contribution in [-0.2, 0) is 24.3 Å². The van der Waals surface area contributed by atoms with E-state index in [2.05, 4.69) is 17.4 Å². The summed E-state index contributed by atoms with van der Waals surface area (Å²) in [6.45, 7) is 1.43. The van der Waals surface area contributed by atoms with Gasteiger partial charge < -0.3 is 10.2 Å². The summed E-state index contributed by atoms with van der Waals surface area (Å²) in [4.78, 5) is 14.2. The fourth-order valence-electron chi connectivity index (χ4n) is 2.80. The third-order valence-corrected chi connectivity index (χ3v) is 4.34. The van der Waals surface area contributed by atoms with Crippen molar-refractivity contribution in [2.75, 3.05) is 12.4 Å². The molecule has 0 radical (unpaired) electrons. The zero-order valence-corrected chi connectivity index (χ0v) is 15.1. The summed E-state index contributed by atoms with van der Waals surface area (Å²) in [6.07, 6.45) is 0.419. The van der Waals surface area contributed by atoms with Gasteiger partial charge in [-0.2, -0.15) is 0 Å². The lowest BCUT2D eigenvalue weighted by Gasteiger charge is -2.17. The molecule has 3 aromatic rings. The predicted octanol–water partition coefficient (Wildman–Crippen LogP) is 4.50. The predicted molar refractivity (Wildman–Crippen MR) is 107 cm³/mol. The Morgan fingerprint density at radius 3 is 1.96 bits per heavy atom. The molecule has 3 rings (SSSR count). The molecule has 3 aromatic carbocycles. The molecule has 1 N–H and O–H groups in total. The van der Waals surface area contributed by atoms with Crippen molar-refractivity contribution in [2.45, 2.75) is 19.5 Å². The summed E-state index contributed by atoms with van der Waals surface area (Å²) >= 11 is 0. The molecule has 0 unspecified atom stereocenters. The van der Waals surface area contributed by atoms with Gasteiger partial charge in [0.1, 0.15) is 0 Å². The van der Waals surface area contributed by atoms with Gasteiger partial charge in [-0.1, -0.05) is 72.8 Å². The lowest BCUT2D eigenvalue weighted by Crippen LogP contribution is -2.27. The van der Waals surface area contributed by atoms with Gasteiger partial charge in [0.25, 0.3) is 0 Å². The van der Waals surface area contributed by atoms with Crippen molar-refractivity contribution < 1.29 is 4.79 Å². The van der Waals surface area contributed by atoms with Gasteiger partial charge >= 0.3 is 0 Å². The molecule has 0 aliphatic carbocycles. The summed E-state index contributed by atoms with van der Waals surface area (Å²) < 4.78 is 0. The highest BCUT2D eigenvalue weighted by molar-refractivity contribution is 5.78. The van der Waals surface area contributed by atoms with Gasteiger partial charge in [0.2, 0.25) is 5.91 Å². The molecule has 0 saturated carbocycles. The second-order valence-electron chi connectivity index (χ2n) is 6.45. The number of anilines is 1. The van der Waals surface area contributed by atoms with Crippen molar-refractivity contribution in [2.24, 2.45) is 0 Å². The highest BCUT2D eigenvalue weighted by Crippen LogP contribution is 2.13. The van der Waals surface area contributed by atoms with Crippen LogP contribution in [0.15, 0.2) is 84.9 Å². The molecule has 0 fully saturated rings. The molecule has 0 saturated heterocycles. The number of benzene rings is 3. The van der Waals surface area contributed by atoms with Crippen LogP contribution in [0.1, 0.15) is 16.7 Å². The van der Waals surface area contributed by atoms with E-state index in [1.165, 1.54) is 5.56 Å². The van der Waals surface area contributed by atoms with Crippen molar-refractivity contribution in [1.82, 2.24) is 4.90 Å². The minimum atomic E-state index is 0.124. The number of hydrogen-bond acceptors (Lipinski definition) is 2. The van der Waals surface area contributed by atoms with Crippen molar-refractivity contribution in [3.05, 3.63) is 102 Å². The topological polar surface area (TPSA) is 32.3 Å². The Labute approximate surface area is 155 Å². The monoisotopic (exact) mass is 344 g/mol. The number of rotatable bonds is 7. The molecular formula is C23H24N2O. The Morgan fingerprint density at radius 1 is 0.769 bits per heavy atom. The molecule has 0 aliphatic heterocycles. The second kappa shape index (κ2) is 8.86. The Balaban J connectivity index is 1.51. The largest absolute Gasteiger partial charge is 0.381 e. The number of likely N-dealkylation sites (N-methyl/N-ethyl adjacent to an activating group) is 1. The highest BCUT2D eigenvalue weighted by Gasteiger charge is 2.10. The smallest absolute Gasteiger partial charge is 0.227 e. The fraction of sp³-hybridized carbons (Fsp3) is 0.174. The van der Waals surface area contributed by atoms with Crippen molar-refractivity contribution in [3.63, 3.8) is 0 Å². The molecule has 26 heavy (non-hydrogen) atoms. The molecule has 3 nitrogen and oxygen atoms in total. The van der Waals surface area contributed by atoms with Gasteiger partial charge in [-0.15, -0.1) is 0 Å². The van der Waals surface area contributed by atoms with Crippen LogP contribution in [-0.4, -0.2) is 17.9 Å². The number of nitrogens with zero attached hydrogens (tertiary/aromatic N) is 1. The average molecular weight is 344 g/mol. The molecule has 3 heteroatoms. The van der Waals surface area contributed by atoms with Gasteiger partial charge in [-0.25, -0.2) is 0 Å². The molecule has 0 aromatic heterocycles. The standard InChI is InChI=1S/C23H24N2O/c1-25(18-21-10-6-3-7-11-21)23(26)16-19-12-14-22(15-13-19)24-17-20-8-4-2-5-9-20/h2-15,24H,16-18H2,1H3. The van der Waals surface area contributed by atoms with Gasteiger partial charge in [0, 0.05) is 25.8 Å². The molecule has 1 amide bonds. The van der Waals surface area contributed by atoms with E-state index in [-0.39, 0.29) is 5.91 Å². The van der Waals surface area contributed by atoms with Crippen LogP contribution in [0.2, 0.25) is 0 Å². The van der Waals surface area contributed by atoms with E-state index in [0.717, 1.165) is 23.4 Å². The molecule has 132 valence electrons. The van der Waals surface area contributed by atoms with Crippen LogP contribution >= 0.6 is 0 Å². The minimum Gasteiger partial charge on any atom is -0.381 e. The maximum absolute atomic E-state index is 12.4. The lowest BCUT2D eigenvalue weighted by atomic mass is 10.1. The van der Waals surface area contributed by atoms with Crippen LogP contribution in [0.25, 0.3) is 0 Å². The average Bonchev–Trinajstić information content (AvgIpc) is 2.69. The maximum Gasteiger partial charge on any atom is 0.227 e. The number of amides is 1. The van der Waals surface area contributed by atoms with Crippen LogP contribution in [0, 0.1) is 0 Å². The van der Waals surface area contributed by atoms with Crippen LogP contribution in [0.5, 0.6) is 0 Å². The van der Waals surface area contributed by atoms with Gasteiger partial charge in [0.15, 0.2) is 0 Å². The van der Waals surface area contributed by atoms with E-state index in [1.807, 2.05) is 79.8 Å². The van der Waals surface area contributed by atoms with Gasteiger partial charge in [-0.05, 0) is 28.8 Å². The molecule has 0 bridgehead atoms. The molecular weight excluding hydrogens is 320 g/mol. The van der Waals surface area contributed by atoms with Gasteiger partial charge in [-0.3, -0.25) is 4.79 Å². The van der Waals surface area contributed by atoms with Gasteiger partial charge in [0.05, 0.1) is 6.42 Å². The SMILES string of the molecule is CN(Cc1ccccc1)C(=O)Cc1ccc(NCc2ccccc2)cc1. The van der Waals surface area contributed by atoms with Crippen molar-refractivity contribution in [3.8, 4) is 0 Å². The van der Waals surface area contributed by atoms with E-state index < -0.39 is 0 Å². The molecule has 0 spiro atoms. The van der Waals surface area contributed by atoms with Crippen molar-refractivity contribution >= 4 is 11.6 Å². The number of hydrogen-bond donors (Lipinski definition) is 1. The Hall–Kier alpha value is -3.07. The lowest BCUT2D eigenvalue weighted by molar-refractivity contribution is -0.129. The second-order valence-corrected chi connectivity index (χ2v) is 6.45. The number of carbonyl (C=O) groups is 1. The third-order valence-electron chi connectivity index (χ3n) is 4.34. The Morgan fingerprint density at radius 2 is 1.35 bits per heavy atom. The number of carbonyl (C=O) groups excluding carboxylic acids is 1. The highest BCUT2D eigenvalue weighted by atomic mass is 16.2. The quantitative estimate of drug-likeness (QED) is 0.684. The van der Waals surface area contributed by atoms with Crippen LogP contribution in [0.4, 0.5) is 5.69 Å².